The lowest BCUT2D eigenvalue weighted by atomic mass is 10.1. The molecule has 214 valence electrons. The molecule has 0 aromatic heterocycles. The first kappa shape index (κ1) is 30.6. The van der Waals surface area contributed by atoms with Crippen LogP contribution < -0.4 is 14.4 Å². The summed E-state index contributed by atoms with van der Waals surface area (Å²) in [4.78, 5) is 28.1. The minimum atomic E-state index is -4.25. The van der Waals surface area contributed by atoms with Crippen molar-refractivity contribution < 1.29 is 27.1 Å². The number of nitrogens with one attached hydrogen (secondary N) is 1. The summed E-state index contributed by atoms with van der Waals surface area (Å²) in [5, 5.41) is 2.81. The van der Waals surface area contributed by atoms with Crippen LogP contribution >= 0.6 is 0 Å². The zero-order valence-electron chi connectivity index (χ0n) is 23.3. The zero-order valence-corrected chi connectivity index (χ0v) is 24.1. The average molecular weight is 570 g/mol. The van der Waals surface area contributed by atoms with Crippen LogP contribution in [0, 0.1) is 12.7 Å². The van der Waals surface area contributed by atoms with Crippen molar-refractivity contribution in [2.24, 2.45) is 0 Å². The highest BCUT2D eigenvalue weighted by atomic mass is 32.2. The second-order valence-corrected chi connectivity index (χ2v) is 11.3. The van der Waals surface area contributed by atoms with Crippen molar-refractivity contribution in [3.05, 3.63) is 89.7 Å². The van der Waals surface area contributed by atoms with Crippen LogP contribution in [0.5, 0.6) is 5.75 Å². The van der Waals surface area contributed by atoms with Gasteiger partial charge < -0.3 is 15.0 Å². The molecule has 0 spiro atoms. The standard InChI is InChI=1S/C30H36FN3O5S/c1-5-6-19-32-30(36)23(3)33(20-24-11-7-8-12-26(24)31)29(35)21-34(27-13-9-10-14-28(27)39-4)40(37,38)25-17-15-22(2)16-18-25/h7-18,23H,5-6,19-21H2,1-4H3,(H,32,36)/t23-/m1/s1. The Kier molecular flexibility index (Phi) is 10.7. The number of anilines is 1. The molecule has 0 aliphatic heterocycles. The van der Waals surface area contributed by atoms with Crippen LogP contribution in [-0.4, -0.2) is 51.4 Å². The normalized spacial score (nSPS) is 11.9. The average Bonchev–Trinajstić information content (AvgIpc) is 2.95. The number of amides is 2. The lowest BCUT2D eigenvalue weighted by Crippen LogP contribution is -2.51. The number of halogens is 1. The summed E-state index contributed by atoms with van der Waals surface area (Å²) in [6.07, 6.45) is 1.63. The molecule has 8 nitrogen and oxygen atoms in total. The van der Waals surface area contributed by atoms with Gasteiger partial charge in [-0.1, -0.05) is 61.4 Å². The number of carbonyl (C=O) groups excluding carboxylic acids is 2. The molecule has 3 aromatic carbocycles. The number of aryl methyl sites for hydroxylation is 1. The predicted octanol–water partition coefficient (Wildman–Crippen LogP) is 4.67. The summed E-state index contributed by atoms with van der Waals surface area (Å²) in [7, 11) is -2.84. The van der Waals surface area contributed by atoms with Crippen LogP contribution in [0.25, 0.3) is 0 Å². The van der Waals surface area contributed by atoms with E-state index in [0.29, 0.717) is 6.54 Å². The molecule has 3 aromatic rings. The minimum absolute atomic E-state index is 0.0113. The predicted molar refractivity (Wildman–Crippen MR) is 153 cm³/mol. The molecule has 0 radical (unpaired) electrons. The molecular formula is C30H36FN3O5S. The van der Waals surface area contributed by atoms with Crippen molar-refractivity contribution in [3.8, 4) is 5.75 Å². The molecule has 0 aliphatic rings. The number of para-hydroxylation sites is 2. The van der Waals surface area contributed by atoms with E-state index in [1.165, 1.54) is 42.3 Å². The lowest BCUT2D eigenvalue weighted by molar-refractivity contribution is -0.139. The lowest BCUT2D eigenvalue weighted by Gasteiger charge is -2.32. The molecule has 0 unspecified atom stereocenters. The van der Waals surface area contributed by atoms with Crippen LogP contribution in [0.1, 0.15) is 37.8 Å². The maximum Gasteiger partial charge on any atom is 0.264 e. The zero-order chi connectivity index (χ0) is 29.3. The van der Waals surface area contributed by atoms with Crippen molar-refractivity contribution in [3.63, 3.8) is 0 Å². The maximum atomic E-state index is 14.6. The monoisotopic (exact) mass is 569 g/mol. The van der Waals surface area contributed by atoms with Crippen molar-refractivity contribution in [2.75, 3.05) is 24.5 Å². The van der Waals surface area contributed by atoms with Gasteiger partial charge in [0.2, 0.25) is 11.8 Å². The fourth-order valence-corrected chi connectivity index (χ4v) is 5.54. The molecule has 3 rings (SSSR count). The number of rotatable bonds is 13. The van der Waals surface area contributed by atoms with E-state index in [1.807, 2.05) is 13.8 Å². The number of carbonyl (C=O) groups is 2. The number of unbranched alkanes of at least 4 members (excludes halogenated alkanes) is 1. The topological polar surface area (TPSA) is 96.0 Å². The summed E-state index contributed by atoms with van der Waals surface area (Å²) in [5.41, 5.74) is 1.23. The van der Waals surface area contributed by atoms with E-state index in [-0.39, 0.29) is 28.4 Å². The molecule has 0 aliphatic carbocycles. The van der Waals surface area contributed by atoms with E-state index in [9.17, 15) is 22.4 Å². The third-order valence-corrected chi connectivity index (χ3v) is 8.31. The van der Waals surface area contributed by atoms with E-state index in [0.717, 1.165) is 22.7 Å². The Labute approximate surface area is 235 Å². The Morgan fingerprint density at radius 2 is 1.65 bits per heavy atom. The highest BCUT2D eigenvalue weighted by Crippen LogP contribution is 2.32. The van der Waals surface area contributed by atoms with Gasteiger partial charge in [-0.15, -0.1) is 0 Å². The highest BCUT2D eigenvalue weighted by molar-refractivity contribution is 7.92. The Hall–Kier alpha value is -3.92. The molecule has 40 heavy (non-hydrogen) atoms. The van der Waals surface area contributed by atoms with Crippen molar-refractivity contribution in [1.82, 2.24) is 10.2 Å². The van der Waals surface area contributed by atoms with Gasteiger partial charge in [0.05, 0.1) is 17.7 Å². The number of benzene rings is 3. The SMILES string of the molecule is CCCCNC(=O)[C@@H](C)N(Cc1ccccc1F)C(=O)CN(c1ccccc1OC)S(=O)(=O)c1ccc(C)cc1. The third-order valence-electron chi connectivity index (χ3n) is 6.54. The van der Waals surface area contributed by atoms with Gasteiger partial charge in [0.15, 0.2) is 0 Å². The first-order valence-electron chi connectivity index (χ1n) is 13.1. The Morgan fingerprint density at radius 1 is 1.00 bits per heavy atom. The molecule has 1 atom stereocenters. The largest absolute Gasteiger partial charge is 0.495 e. The van der Waals surface area contributed by atoms with Gasteiger partial charge in [-0.3, -0.25) is 13.9 Å². The second-order valence-electron chi connectivity index (χ2n) is 9.43. The number of sulfonamides is 1. The van der Waals surface area contributed by atoms with Gasteiger partial charge in [0.25, 0.3) is 10.0 Å². The molecule has 1 N–H and O–H groups in total. The Balaban J connectivity index is 2.05. The van der Waals surface area contributed by atoms with Crippen LogP contribution in [-0.2, 0) is 26.2 Å². The van der Waals surface area contributed by atoms with Crippen LogP contribution in [0.15, 0.2) is 77.7 Å². The molecule has 0 heterocycles. The molecule has 0 saturated heterocycles. The Bertz CT molecular complexity index is 1410. The molecule has 10 heteroatoms. The second kappa shape index (κ2) is 13.9. The summed E-state index contributed by atoms with van der Waals surface area (Å²) in [6.45, 7) is 4.93. The van der Waals surface area contributed by atoms with Gasteiger partial charge in [-0.25, -0.2) is 12.8 Å². The van der Waals surface area contributed by atoms with Gasteiger partial charge >= 0.3 is 0 Å². The van der Waals surface area contributed by atoms with Crippen molar-refractivity contribution in [2.45, 2.75) is 51.1 Å². The quantitative estimate of drug-likeness (QED) is 0.302. The van der Waals surface area contributed by atoms with E-state index in [2.05, 4.69) is 5.32 Å². The number of methoxy groups -OCH3 is 1. The van der Waals surface area contributed by atoms with E-state index >= 15 is 0 Å². The molecular weight excluding hydrogens is 533 g/mol. The van der Waals surface area contributed by atoms with Crippen LogP contribution in [0.4, 0.5) is 10.1 Å². The summed E-state index contributed by atoms with van der Waals surface area (Å²) in [5.74, 6) is -1.38. The van der Waals surface area contributed by atoms with Gasteiger partial charge in [0.1, 0.15) is 24.2 Å². The van der Waals surface area contributed by atoms with Crippen LogP contribution in [0.3, 0.4) is 0 Å². The van der Waals surface area contributed by atoms with E-state index < -0.39 is 40.2 Å². The third kappa shape index (κ3) is 7.38. The summed E-state index contributed by atoms with van der Waals surface area (Å²) in [6, 6.07) is 17.7. The number of hydrogen-bond donors (Lipinski definition) is 1. The first-order valence-corrected chi connectivity index (χ1v) is 14.6. The van der Waals surface area contributed by atoms with Gasteiger partial charge in [-0.05, 0) is 50.6 Å². The smallest absolute Gasteiger partial charge is 0.264 e. The molecule has 2 amide bonds. The summed E-state index contributed by atoms with van der Waals surface area (Å²) >= 11 is 0. The molecule has 0 fully saturated rings. The Morgan fingerprint density at radius 3 is 2.30 bits per heavy atom. The minimum Gasteiger partial charge on any atom is -0.495 e. The van der Waals surface area contributed by atoms with E-state index in [4.69, 9.17) is 4.74 Å². The van der Waals surface area contributed by atoms with Gasteiger partial charge in [0, 0.05) is 18.7 Å². The van der Waals surface area contributed by atoms with Crippen LogP contribution in [0.2, 0.25) is 0 Å². The molecule has 0 bridgehead atoms. The first-order chi connectivity index (χ1) is 19.1. The van der Waals surface area contributed by atoms with E-state index in [1.54, 1.807) is 49.4 Å². The highest BCUT2D eigenvalue weighted by Gasteiger charge is 2.34. The van der Waals surface area contributed by atoms with Crippen molar-refractivity contribution >= 4 is 27.5 Å². The summed E-state index contributed by atoms with van der Waals surface area (Å²) < 4.78 is 48.9. The fraction of sp³-hybridized carbons (Fsp3) is 0.333. The molecule has 0 saturated carbocycles. The number of hydrogen-bond acceptors (Lipinski definition) is 5. The fourth-order valence-electron chi connectivity index (χ4n) is 4.12. The number of ether oxygens (including phenoxy) is 1. The van der Waals surface area contributed by atoms with Gasteiger partial charge in [-0.2, -0.15) is 0 Å². The maximum absolute atomic E-state index is 14.6. The number of nitrogens with zero attached hydrogens (tertiary/aromatic N) is 2. The van der Waals surface area contributed by atoms with Crippen molar-refractivity contribution in [1.29, 1.82) is 0 Å².